The van der Waals surface area contributed by atoms with Gasteiger partial charge in [0.15, 0.2) is 6.29 Å². The number of aliphatic hydroxyl groups excluding tert-OH is 1. The van der Waals surface area contributed by atoms with E-state index in [-0.39, 0.29) is 43.1 Å². The monoisotopic (exact) mass is 608 g/mol. The molecule has 2 amide bonds. The Balaban J connectivity index is 1.12. The molecule has 0 aromatic heterocycles. The second-order valence-corrected chi connectivity index (χ2v) is 14.9. The molecule has 3 fully saturated rings. The van der Waals surface area contributed by atoms with Crippen molar-refractivity contribution in [3.05, 3.63) is 106 Å². The third kappa shape index (κ3) is 5.76. The lowest BCUT2D eigenvalue weighted by Gasteiger charge is -2.43. The number of carbonyl (C=O) groups is 2. The second kappa shape index (κ2) is 11.5. The predicted molar refractivity (Wildman–Crippen MR) is 171 cm³/mol. The molecular formula is C38H44N2O5. The normalized spacial score (nSPS) is 31.0. The van der Waals surface area contributed by atoms with Gasteiger partial charge < -0.3 is 14.6 Å². The molecule has 0 radical (unpaired) electrons. The van der Waals surface area contributed by atoms with Crippen molar-refractivity contribution in [1.29, 1.82) is 0 Å². The van der Waals surface area contributed by atoms with E-state index < -0.39 is 6.29 Å². The highest BCUT2D eigenvalue weighted by Gasteiger charge is 2.51. The maximum absolute atomic E-state index is 12.9. The molecule has 2 unspecified atom stereocenters. The first-order valence-corrected chi connectivity index (χ1v) is 16.3. The summed E-state index contributed by atoms with van der Waals surface area (Å²) >= 11 is 0. The summed E-state index contributed by atoms with van der Waals surface area (Å²) in [4.78, 5) is 29.8. The number of ether oxygens (including phenoxy) is 2. The number of hydrogen-bond acceptors (Lipinski definition) is 6. The average molecular weight is 609 g/mol. The van der Waals surface area contributed by atoms with Crippen LogP contribution in [-0.4, -0.2) is 52.0 Å². The van der Waals surface area contributed by atoms with Crippen LogP contribution in [0.5, 0.6) is 0 Å². The number of nitrogens with zero attached hydrogens (tertiary/aromatic N) is 2. The molecule has 1 N–H and O–H groups in total. The van der Waals surface area contributed by atoms with E-state index in [0.717, 1.165) is 35.3 Å². The van der Waals surface area contributed by atoms with E-state index in [1.807, 2.05) is 36.4 Å². The Morgan fingerprint density at radius 1 is 0.822 bits per heavy atom. The molecule has 4 aliphatic rings. The summed E-state index contributed by atoms with van der Waals surface area (Å²) in [5.74, 6) is -0.390. The predicted octanol–water partition coefficient (Wildman–Crippen LogP) is 6.67. The van der Waals surface area contributed by atoms with E-state index in [1.54, 1.807) is 24.3 Å². The molecule has 236 valence electrons. The van der Waals surface area contributed by atoms with Crippen LogP contribution in [0.4, 0.5) is 0 Å². The molecule has 1 saturated carbocycles. The van der Waals surface area contributed by atoms with E-state index >= 15 is 0 Å². The van der Waals surface area contributed by atoms with Crippen molar-refractivity contribution in [1.82, 2.24) is 9.80 Å². The van der Waals surface area contributed by atoms with Crippen molar-refractivity contribution < 1.29 is 24.2 Å². The van der Waals surface area contributed by atoms with Crippen molar-refractivity contribution in [3.63, 3.8) is 0 Å². The van der Waals surface area contributed by atoms with Crippen LogP contribution >= 0.6 is 0 Å². The number of hydrogen-bond donors (Lipinski definition) is 1. The van der Waals surface area contributed by atoms with Gasteiger partial charge in [-0.15, -0.1) is 0 Å². The van der Waals surface area contributed by atoms with Crippen LogP contribution in [0.15, 0.2) is 72.8 Å². The summed E-state index contributed by atoms with van der Waals surface area (Å²) < 4.78 is 13.5. The number of benzene rings is 3. The third-order valence-electron chi connectivity index (χ3n) is 10.5. The van der Waals surface area contributed by atoms with Gasteiger partial charge in [-0.3, -0.25) is 19.4 Å². The SMILES string of the molecule is C[C@@H]1[C@H](CN2CC3(C)CC2CC(C)(C)C3)O[C@H](c2ccc(CN3C(=O)c4ccccc4C3=O)cc2)O[C@@H]1c1ccc(CO)cc1. The Bertz CT molecular complexity index is 1550. The van der Waals surface area contributed by atoms with Gasteiger partial charge in [0.25, 0.3) is 11.8 Å². The van der Waals surface area contributed by atoms with Gasteiger partial charge in [0, 0.05) is 30.6 Å². The number of amides is 2. The van der Waals surface area contributed by atoms with Gasteiger partial charge in [-0.1, -0.05) is 88.4 Å². The zero-order chi connectivity index (χ0) is 31.5. The Labute approximate surface area is 266 Å². The molecule has 2 bridgehead atoms. The molecule has 1 aliphatic carbocycles. The highest BCUT2D eigenvalue weighted by atomic mass is 16.7. The zero-order valence-corrected chi connectivity index (χ0v) is 26.7. The third-order valence-corrected chi connectivity index (χ3v) is 10.5. The maximum Gasteiger partial charge on any atom is 0.261 e. The van der Waals surface area contributed by atoms with Crippen LogP contribution < -0.4 is 0 Å². The van der Waals surface area contributed by atoms with Crippen LogP contribution in [0.1, 0.15) is 102 Å². The van der Waals surface area contributed by atoms with E-state index in [0.29, 0.717) is 28.0 Å². The standard InChI is InChI=1S/C38H44N2O5/c1-24-32(20-39-23-38(4)18-29(39)17-37(2,3)22-38)44-36(45-33(24)27-13-11-26(21-41)12-14-27)28-15-9-25(10-16-28)19-40-34(42)30-7-5-6-8-31(30)35(40)43/h5-16,24,29,32-33,36,41H,17-23H2,1-4H3/t24-,29?,32+,33+,36+,38?/m1/s1. The van der Waals surface area contributed by atoms with Crippen LogP contribution in [-0.2, 0) is 22.6 Å². The highest BCUT2D eigenvalue weighted by molar-refractivity contribution is 6.21. The fraction of sp³-hybridized carbons (Fsp3) is 0.474. The average Bonchev–Trinajstić information content (AvgIpc) is 3.41. The summed E-state index contributed by atoms with van der Waals surface area (Å²) in [6.45, 7) is 11.7. The van der Waals surface area contributed by atoms with Gasteiger partial charge >= 0.3 is 0 Å². The molecule has 3 aromatic carbocycles. The topological polar surface area (TPSA) is 79.3 Å². The highest BCUT2D eigenvalue weighted by Crippen LogP contribution is 2.53. The van der Waals surface area contributed by atoms with Crippen molar-refractivity contribution in [2.24, 2.45) is 16.7 Å². The van der Waals surface area contributed by atoms with Gasteiger partial charge in [0.05, 0.1) is 36.5 Å². The molecule has 2 saturated heterocycles. The molecule has 3 heterocycles. The molecule has 3 aromatic rings. The van der Waals surface area contributed by atoms with Gasteiger partial charge in [0.2, 0.25) is 0 Å². The summed E-state index contributed by atoms with van der Waals surface area (Å²) in [5, 5.41) is 9.61. The minimum atomic E-state index is -0.559. The van der Waals surface area contributed by atoms with Crippen molar-refractivity contribution in [2.75, 3.05) is 13.1 Å². The number of fused-ring (bicyclic) bond motifs is 3. The molecular weight excluding hydrogens is 564 g/mol. The summed E-state index contributed by atoms with van der Waals surface area (Å²) in [7, 11) is 0. The van der Waals surface area contributed by atoms with E-state index in [2.05, 4.69) is 44.7 Å². The Morgan fingerprint density at radius 3 is 2.09 bits per heavy atom. The first kappa shape index (κ1) is 30.3. The lowest BCUT2D eigenvalue weighted by atomic mass is 9.65. The van der Waals surface area contributed by atoms with Gasteiger partial charge in [-0.05, 0) is 58.9 Å². The summed E-state index contributed by atoms with van der Waals surface area (Å²) in [6.07, 6.45) is 2.95. The lowest BCUT2D eigenvalue weighted by Crippen LogP contribution is -2.46. The Hall–Kier alpha value is -3.36. The van der Waals surface area contributed by atoms with Crippen molar-refractivity contribution in [2.45, 2.75) is 84.6 Å². The largest absolute Gasteiger partial charge is 0.392 e. The van der Waals surface area contributed by atoms with E-state index in [4.69, 9.17) is 9.47 Å². The Kier molecular flexibility index (Phi) is 7.72. The maximum atomic E-state index is 12.9. The lowest BCUT2D eigenvalue weighted by molar-refractivity contribution is -0.276. The van der Waals surface area contributed by atoms with Crippen LogP contribution in [0.25, 0.3) is 0 Å². The summed E-state index contributed by atoms with van der Waals surface area (Å²) in [6, 6.07) is 23.5. The molecule has 7 heteroatoms. The quantitative estimate of drug-likeness (QED) is 0.302. The van der Waals surface area contributed by atoms with E-state index in [1.165, 1.54) is 24.2 Å². The van der Waals surface area contributed by atoms with Crippen LogP contribution in [0.2, 0.25) is 0 Å². The van der Waals surface area contributed by atoms with Crippen molar-refractivity contribution >= 4 is 11.8 Å². The van der Waals surface area contributed by atoms with Crippen molar-refractivity contribution in [3.8, 4) is 0 Å². The van der Waals surface area contributed by atoms with Crippen LogP contribution in [0, 0.1) is 16.7 Å². The Morgan fingerprint density at radius 2 is 1.44 bits per heavy atom. The minimum Gasteiger partial charge on any atom is -0.392 e. The second-order valence-electron chi connectivity index (χ2n) is 14.9. The van der Waals surface area contributed by atoms with Gasteiger partial charge in [-0.2, -0.15) is 0 Å². The molecule has 6 atom stereocenters. The number of carbonyl (C=O) groups excluding carboxylic acids is 2. The van der Waals surface area contributed by atoms with Gasteiger partial charge in [-0.25, -0.2) is 0 Å². The van der Waals surface area contributed by atoms with Crippen LogP contribution in [0.3, 0.4) is 0 Å². The minimum absolute atomic E-state index is 0.00818. The molecule has 7 nitrogen and oxygen atoms in total. The first-order valence-electron chi connectivity index (χ1n) is 16.3. The molecule has 45 heavy (non-hydrogen) atoms. The van der Waals surface area contributed by atoms with E-state index in [9.17, 15) is 14.7 Å². The molecule has 7 rings (SSSR count). The number of rotatable bonds is 7. The smallest absolute Gasteiger partial charge is 0.261 e. The molecule has 0 spiro atoms. The number of aliphatic hydroxyl groups is 1. The summed E-state index contributed by atoms with van der Waals surface area (Å²) in [5.41, 5.74) is 5.34. The molecule has 3 aliphatic heterocycles. The number of imide groups is 1. The first-order chi connectivity index (χ1) is 21.5. The fourth-order valence-corrected chi connectivity index (χ4v) is 8.69. The number of likely N-dealkylation sites (tertiary alicyclic amines) is 1. The van der Waals surface area contributed by atoms with Gasteiger partial charge in [0.1, 0.15) is 0 Å². The zero-order valence-electron chi connectivity index (χ0n) is 26.7. The fourth-order valence-electron chi connectivity index (χ4n) is 8.69.